The summed E-state index contributed by atoms with van der Waals surface area (Å²) in [5, 5.41) is 5.24. The molecule has 0 bridgehead atoms. The highest BCUT2D eigenvalue weighted by molar-refractivity contribution is 7.93. The second kappa shape index (κ2) is 11.6. The molecule has 2 heterocycles. The summed E-state index contributed by atoms with van der Waals surface area (Å²) >= 11 is 0. The second-order valence-electron chi connectivity index (χ2n) is 9.53. The van der Waals surface area contributed by atoms with E-state index in [-0.39, 0.29) is 27.6 Å². The number of hydrogen-bond donors (Lipinski definition) is 2. The molecule has 0 saturated heterocycles. The number of anilines is 4. The van der Waals surface area contributed by atoms with Crippen LogP contribution < -0.4 is 10.6 Å². The quantitative estimate of drug-likeness (QED) is 0.258. The number of hydrogen-bond acceptors (Lipinski definition) is 11. The number of pyridine rings is 1. The summed E-state index contributed by atoms with van der Waals surface area (Å²) in [5.41, 5.74) is -1.38. The lowest BCUT2D eigenvalue weighted by Gasteiger charge is -2.23. The van der Waals surface area contributed by atoms with Gasteiger partial charge in [0.05, 0.1) is 25.8 Å². The van der Waals surface area contributed by atoms with E-state index in [2.05, 4.69) is 30.4 Å². The van der Waals surface area contributed by atoms with Crippen LogP contribution in [0.1, 0.15) is 26.3 Å². The van der Waals surface area contributed by atoms with E-state index in [1.807, 2.05) is 0 Å². The van der Waals surface area contributed by atoms with Crippen LogP contribution in [0.2, 0.25) is 0 Å². The van der Waals surface area contributed by atoms with Crippen LogP contribution in [0.25, 0.3) is 0 Å². The number of nitrogens with one attached hydrogen (secondary N) is 2. The number of sulfone groups is 1. The molecule has 0 amide bonds. The number of halogens is 6. The highest BCUT2D eigenvalue weighted by atomic mass is 32.2. The van der Waals surface area contributed by atoms with Crippen LogP contribution in [0.3, 0.4) is 0 Å². The van der Waals surface area contributed by atoms with Crippen LogP contribution in [0, 0.1) is 0 Å². The predicted octanol–water partition coefficient (Wildman–Crippen LogP) is 4.59. The molecular weight excluding hydrogens is 634 g/mol. The first kappa shape index (κ1) is 33.5. The Morgan fingerprint density at radius 3 is 1.95 bits per heavy atom. The Balaban J connectivity index is 2.02. The molecule has 20 heteroatoms. The summed E-state index contributed by atoms with van der Waals surface area (Å²) in [7, 11) is -8.61. The average molecular weight is 657 g/mol. The number of rotatable bonds is 8. The summed E-state index contributed by atoms with van der Waals surface area (Å²) in [6.07, 6.45) is -8.55. The van der Waals surface area contributed by atoms with Gasteiger partial charge in [-0.25, -0.2) is 36.6 Å². The lowest BCUT2D eigenvalue weighted by atomic mass is 10.3. The standard InChI is InChI=1S/C23H22F6N6O6S2/c1-21(2,3)42(37,38)16-7-6-14(43(39,40)35(4)41-20(36)23(27,28)29)9-15(16)33-18-10-19(32-12-31-18)34-17-8-5-13(11-30-17)22(24,25)26/h5-12H,1-4H3,(H2,30,31,32,33,34). The summed E-state index contributed by atoms with van der Waals surface area (Å²) in [6.45, 7) is 4.10. The van der Waals surface area contributed by atoms with Gasteiger partial charge in [0.2, 0.25) is 0 Å². The zero-order valence-electron chi connectivity index (χ0n) is 22.4. The zero-order valence-corrected chi connectivity index (χ0v) is 24.1. The van der Waals surface area contributed by atoms with Crippen molar-refractivity contribution in [1.29, 1.82) is 0 Å². The molecule has 0 unspecified atom stereocenters. The molecule has 43 heavy (non-hydrogen) atoms. The fourth-order valence-electron chi connectivity index (χ4n) is 3.10. The summed E-state index contributed by atoms with van der Waals surface area (Å²) < 4.78 is 127. The van der Waals surface area contributed by atoms with Gasteiger partial charge in [0.1, 0.15) is 23.8 Å². The highest BCUT2D eigenvalue weighted by Gasteiger charge is 2.44. The first-order valence-electron chi connectivity index (χ1n) is 11.6. The number of nitrogens with zero attached hydrogens (tertiary/aromatic N) is 4. The zero-order chi connectivity index (χ0) is 32.6. The van der Waals surface area contributed by atoms with Crippen molar-refractivity contribution in [2.24, 2.45) is 0 Å². The Hall–Kier alpha value is -4.04. The van der Waals surface area contributed by atoms with E-state index in [1.165, 1.54) is 26.8 Å². The van der Waals surface area contributed by atoms with E-state index in [4.69, 9.17) is 0 Å². The first-order chi connectivity index (χ1) is 19.5. The van der Waals surface area contributed by atoms with E-state index in [0.717, 1.165) is 36.7 Å². The Bertz CT molecular complexity index is 1730. The maximum absolute atomic E-state index is 13.3. The molecule has 0 atom stereocenters. The third kappa shape index (κ3) is 7.68. The Labute approximate surface area is 241 Å². The summed E-state index contributed by atoms with van der Waals surface area (Å²) in [5.74, 6) is -3.01. The molecule has 3 rings (SSSR count). The molecule has 12 nitrogen and oxygen atoms in total. The lowest BCUT2D eigenvalue weighted by Crippen LogP contribution is -2.36. The molecule has 0 aliphatic heterocycles. The van der Waals surface area contributed by atoms with Crippen molar-refractivity contribution < 1.29 is 52.8 Å². The number of alkyl halides is 6. The van der Waals surface area contributed by atoms with Gasteiger partial charge in [0, 0.05) is 19.3 Å². The monoisotopic (exact) mass is 656 g/mol. The molecule has 1 aromatic carbocycles. The van der Waals surface area contributed by atoms with Gasteiger partial charge in [0.15, 0.2) is 9.84 Å². The van der Waals surface area contributed by atoms with Crippen LogP contribution >= 0.6 is 0 Å². The molecule has 0 aliphatic carbocycles. The fourth-order valence-corrected chi connectivity index (χ4v) is 5.37. The van der Waals surface area contributed by atoms with Crippen molar-refractivity contribution in [3.05, 3.63) is 54.5 Å². The van der Waals surface area contributed by atoms with Crippen LogP contribution in [-0.2, 0) is 35.7 Å². The van der Waals surface area contributed by atoms with Crippen LogP contribution in [0.15, 0.2) is 58.7 Å². The smallest absolute Gasteiger partial charge is 0.345 e. The average Bonchev–Trinajstić information content (AvgIpc) is 2.87. The third-order valence-electron chi connectivity index (χ3n) is 5.40. The number of sulfonamides is 1. The minimum atomic E-state index is -5.50. The van der Waals surface area contributed by atoms with Gasteiger partial charge in [-0.05, 0) is 55.6 Å². The minimum Gasteiger partial charge on any atom is -0.345 e. The number of carbonyl (C=O) groups excluding carboxylic acids is 1. The largest absolute Gasteiger partial charge is 0.492 e. The van der Waals surface area contributed by atoms with E-state index in [1.54, 1.807) is 0 Å². The third-order valence-corrected chi connectivity index (χ3v) is 9.55. The van der Waals surface area contributed by atoms with Gasteiger partial charge in [-0.2, -0.15) is 26.3 Å². The van der Waals surface area contributed by atoms with Crippen molar-refractivity contribution in [3.63, 3.8) is 0 Å². The maximum atomic E-state index is 13.3. The molecule has 0 radical (unpaired) electrons. The maximum Gasteiger partial charge on any atom is 0.492 e. The van der Waals surface area contributed by atoms with Gasteiger partial charge in [0.25, 0.3) is 10.0 Å². The molecule has 2 N–H and O–H groups in total. The minimum absolute atomic E-state index is 0.0208. The fraction of sp³-hybridized carbons (Fsp3) is 0.304. The second-order valence-corrected chi connectivity index (χ2v) is 14.1. The number of carbonyl (C=O) groups is 1. The Morgan fingerprint density at radius 1 is 0.837 bits per heavy atom. The van der Waals surface area contributed by atoms with Crippen molar-refractivity contribution in [3.8, 4) is 0 Å². The van der Waals surface area contributed by atoms with Crippen LogP contribution in [-0.4, -0.2) is 60.2 Å². The number of aromatic nitrogens is 3. The van der Waals surface area contributed by atoms with Crippen molar-refractivity contribution >= 4 is 49.0 Å². The number of benzene rings is 1. The molecule has 234 valence electrons. The lowest BCUT2D eigenvalue weighted by molar-refractivity contribution is -0.219. The predicted molar refractivity (Wildman–Crippen MR) is 138 cm³/mol. The first-order valence-corrected chi connectivity index (χ1v) is 14.5. The molecule has 3 aromatic rings. The highest BCUT2D eigenvalue weighted by Crippen LogP contribution is 2.35. The van der Waals surface area contributed by atoms with Gasteiger partial charge in [-0.15, -0.1) is 0 Å². The van der Waals surface area contributed by atoms with Crippen LogP contribution in [0.5, 0.6) is 0 Å². The van der Waals surface area contributed by atoms with Crippen molar-refractivity contribution in [1.82, 2.24) is 19.4 Å². The van der Waals surface area contributed by atoms with Gasteiger partial charge in [-0.3, -0.25) is 0 Å². The van der Waals surface area contributed by atoms with Crippen molar-refractivity contribution in [2.45, 2.75) is 47.7 Å². The van der Waals surface area contributed by atoms with E-state index in [9.17, 15) is 48.0 Å². The van der Waals surface area contributed by atoms with E-state index >= 15 is 0 Å². The van der Waals surface area contributed by atoms with E-state index in [0.29, 0.717) is 13.2 Å². The molecule has 0 spiro atoms. The Morgan fingerprint density at radius 2 is 1.44 bits per heavy atom. The summed E-state index contributed by atoms with van der Waals surface area (Å²) in [6, 6.07) is 5.45. The molecule has 0 saturated carbocycles. The van der Waals surface area contributed by atoms with Gasteiger partial charge in [-0.1, -0.05) is 0 Å². The number of hydroxylamine groups is 1. The van der Waals surface area contributed by atoms with Gasteiger partial charge < -0.3 is 15.5 Å². The molecular formula is C23H22F6N6O6S2. The Kier molecular flexibility index (Phi) is 9.00. The van der Waals surface area contributed by atoms with E-state index < -0.39 is 58.3 Å². The van der Waals surface area contributed by atoms with Gasteiger partial charge >= 0.3 is 18.3 Å². The normalized spacial score (nSPS) is 13.1. The van der Waals surface area contributed by atoms with Crippen LogP contribution in [0.4, 0.5) is 49.5 Å². The topological polar surface area (TPSA) is 161 Å². The SMILES string of the molecule is CN(OC(=O)C(F)(F)F)S(=O)(=O)c1ccc(S(=O)(=O)C(C)(C)C)c(Nc2cc(Nc3ccc(C(F)(F)F)cn3)ncn2)c1. The molecule has 2 aromatic heterocycles. The molecule has 0 fully saturated rings. The summed E-state index contributed by atoms with van der Waals surface area (Å²) in [4.78, 5) is 25.3. The molecule has 0 aliphatic rings. The van der Waals surface area contributed by atoms with Crippen molar-refractivity contribution in [2.75, 3.05) is 17.7 Å².